The fourth-order valence-electron chi connectivity index (χ4n) is 1.61. The Bertz CT molecular complexity index is 677. The standard InChI is InChI=1S/C13H8O2S3/c14-13(15)12-6-5-11(18-12)10-4-3-9(17-10)8-2-1-7-16-8/h1-7H,(H,14,15). The zero-order valence-corrected chi connectivity index (χ0v) is 11.6. The molecule has 0 saturated carbocycles. The number of carbonyl (C=O) groups is 1. The minimum Gasteiger partial charge on any atom is -0.477 e. The van der Waals surface area contributed by atoms with Gasteiger partial charge in [0.15, 0.2) is 0 Å². The molecule has 0 aliphatic heterocycles. The minimum atomic E-state index is -0.860. The van der Waals surface area contributed by atoms with Crippen molar-refractivity contribution in [1.82, 2.24) is 0 Å². The van der Waals surface area contributed by atoms with E-state index in [1.165, 1.54) is 21.1 Å². The zero-order valence-electron chi connectivity index (χ0n) is 9.12. The van der Waals surface area contributed by atoms with Gasteiger partial charge in [0.25, 0.3) is 0 Å². The van der Waals surface area contributed by atoms with E-state index >= 15 is 0 Å². The third kappa shape index (κ3) is 2.12. The summed E-state index contributed by atoms with van der Waals surface area (Å²) in [5.74, 6) is -0.860. The van der Waals surface area contributed by atoms with Crippen LogP contribution in [0, 0.1) is 0 Å². The Labute approximate surface area is 116 Å². The predicted octanol–water partition coefficient (Wildman–Crippen LogP) is 4.90. The van der Waals surface area contributed by atoms with E-state index in [1.807, 2.05) is 12.1 Å². The fourth-order valence-corrected chi connectivity index (χ4v) is 4.38. The van der Waals surface area contributed by atoms with Crippen LogP contribution < -0.4 is 0 Å². The predicted molar refractivity (Wildman–Crippen MR) is 77.9 cm³/mol. The molecular weight excluding hydrogens is 284 g/mol. The second-order valence-corrected chi connectivity index (χ2v) is 6.73. The van der Waals surface area contributed by atoms with Gasteiger partial charge >= 0.3 is 5.97 Å². The molecule has 0 radical (unpaired) electrons. The third-order valence-corrected chi connectivity index (χ3v) is 5.85. The van der Waals surface area contributed by atoms with E-state index in [0.717, 1.165) is 9.75 Å². The highest BCUT2D eigenvalue weighted by Gasteiger charge is 2.11. The van der Waals surface area contributed by atoms with Gasteiger partial charge < -0.3 is 5.11 Å². The van der Waals surface area contributed by atoms with Gasteiger partial charge in [-0.05, 0) is 35.7 Å². The van der Waals surface area contributed by atoms with E-state index in [2.05, 4.69) is 23.6 Å². The summed E-state index contributed by atoms with van der Waals surface area (Å²) in [7, 11) is 0. The maximum Gasteiger partial charge on any atom is 0.345 e. The van der Waals surface area contributed by atoms with E-state index in [4.69, 9.17) is 5.11 Å². The topological polar surface area (TPSA) is 37.3 Å². The summed E-state index contributed by atoms with van der Waals surface area (Å²) >= 11 is 4.73. The molecule has 0 aliphatic rings. The first kappa shape index (κ1) is 11.6. The van der Waals surface area contributed by atoms with Gasteiger partial charge in [-0.2, -0.15) is 0 Å². The van der Waals surface area contributed by atoms with Crippen molar-refractivity contribution in [1.29, 1.82) is 0 Å². The lowest BCUT2D eigenvalue weighted by atomic mass is 10.3. The molecule has 0 aromatic carbocycles. The van der Waals surface area contributed by atoms with Crippen LogP contribution in [0.25, 0.3) is 19.5 Å². The monoisotopic (exact) mass is 292 g/mol. The number of rotatable bonds is 3. The van der Waals surface area contributed by atoms with Crippen molar-refractivity contribution in [3.8, 4) is 19.5 Å². The van der Waals surface area contributed by atoms with Crippen molar-refractivity contribution in [2.45, 2.75) is 0 Å². The van der Waals surface area contributed by atoms with Crippen LogP contribution in [0.4, 0.5) is 0 Å². The third-order valence-electron chi connectivity index (χ3n) is 2.43. The number of hydrogen-bond acceptors (Lipinski definition) is 4. The lowest BCUT2D eigenvalue weighted by molar-refractivity contribution is 0.0702. The molecule has 3 rings (SSSR count). The molecule has 0 saturated heterocycles. The summed E-state index contributed by atoms with van der Waals surface area (Å²) in [5, 5.41) is 11.0. The molecule has 5 heteroatoms. The van der Waals surface area contributed by atoms with E-state index in [0.29, 0.717) is 4.88 Å². The van der Waals surface area contributed by atoms with Crippen molar-refractivity contribution in [2.24, 2.45) is 0 Å². The quantitative estimate of drug-likeness (QED) is 0.745. The smallest absolute Gasteiger partial charge is 0.345 e. The maximum atomic E-state index is 10.9. The molecule has 1 N–H and O–H groups in total. The molecule has 3 heterocycles. The molecule has 0 unspecified atom stereocenters. The summed E-state index contributed by atoms with van der Waals surface area (Å²) < 4.78 is 0. The van der Waals surface area contributed by atoms with Crippen LogP contribution in [0.1, 0.15) is 9.67 Å². The first-order valence-corrected chi connectivity index (χ1v) is 7.72. The van der Waals surface area contributed by atoms with Crippen LogP contribution in [-0.4, -0.2) is 11.1 Å². The summed E-state index contributed by atoms with van der Waals surface area (Å²) in [6, 6.07) is 11.8. The summed E-state index contributed by atoms with van der Waals surface area (Å²) in [6.07, 6.45) is 0. The molecule has 3 aromatic heterocycles. The Hall–Kier alpha value is -1.43. The molecule has 0 atom stereocenters. The van der Waals surface area contributed by atoms with Gasteiger partial charge in [-0.15, -0.1) is 34.0 Å². The summed E-state index contributed by atoms with van der Waals surface area (Å²) in [4.78, 5) is 15.9. The lowest BCUT2D eigenvalue weighted by Crippen LogP contribution is -1.89. The zero-order chi connectivity index (χ0) is 12.5. The maximum absolute atomic E-state index is 10.9. The molecule has 0 bridgehead atoms. The number of hydrogen-bond donors (Lipinski definition) is 1. The van der Waals surface area contributed by atoms with E-state index in [9.17, 15) is 4.79 Å². The Morgan fingerprint density at radius 3 is 2.17 bits per heavy atom. The molecule has 0 amide bonds. The fraction of sp³-hybridized carbons (Fsp3) is 0. The van der Waals surface area contributed by atoms with Crippen molar-refractivity contribution < 1.29 is 9.90 Å². The van der Waals surface area contributed by atoms with Gasteiger partial charge in [-0.1, -0.05) is 6.07 Å². The van der Waals surface area contributed by atoms with Gasteiger partial charge in [-0.25, -0.2) is 4.79 Å². The second-order valence-electron chi connectivity index (χ2n) is 3.61. The lowest BCUT2D eigenvalue weighted by Gasteiger charge is -1.90. The van der Waals surface area contributed by atoms with Gasteiger partial charge in [0, 0.05) is 19.5 Å². The van der Waals surface area contributed by atoms with Crippen LogP contribution in [0.3, 0.4) is 0 Å². The van der Waals surface area contributed by atoms with Crippen LogP contribution in [0.15, 0.2) is 41.8 Å². The summed E-state index contributed by atoms with van der Waals surface area (Å²) in [6.45, 7) is 0. The van der Waals surface area contributed by atoms with Crippen molar-refractivity contribution >= 4 is 40.0 Å². The molecular formula is C13H8O2S3. The molecule has 0 fully saturated rings. The average molecular weight is 292 g/mol. The molecule has 0 spiro atoms. The van der Waals surface area contributed by atoms with Crippen molar-refractivity contribution in [2.75, 3.05) is 0 Å². The summed E-state index contributed by atoms with van der Waals surface area (Å²) in [5.41, 5.74) is 0. The van der Waals surface area contributed by atoms with E-state index in [-0.39, 0.29) is 0 Å². The van der Waals surface area contributed by atoms with Gasteiger partial charge in [0.1, 0.15) is 4.88 Å². The first-order chi connectivity index (χ1) is 8.74. The Balaban J connectivity index is 1.95. The highest BCUT2D eigenvalue weighted by atomic mass is 32.1. The van der Waals surface area contributed by atoms with Crippen LogP contribution >= 0.6 is 34.0 Å². The van der Waals surface area contributed by atoms with Crippen molar-refractivity contribution in [3.05, 3.63) is 46.7 Å². The van der Waals surface area contributed by atoms with Crippen molar-refractivity contribution in [3.63, 3.8) is 0 Å². The number of thiophene rings is 3. The second kappa shape index (κ2) is 4.68. The molecule has 3 aromatic rings. The van der Waals surface area contributed by atoms with Gasteiger partial charge in [-0.3, -0.25) is 0 Å². The largest absolute Gasteiger partial charge is 0.477 e. The molecule has 0 aliphatic carbocycles. The van der Waals surface area contributed by atoms with E-state index < -0.39 is 5.97 Å². The van der Waals surface area contributed by atoms with E-state index in [1.54, 1.807) is 28.7 Å². The molecule has 18 heavy (non-hydrogen) atoms. The molecule has 2 nitrogen and oxygen atoms in total. The van der Waals surface area contributed by atoms with Crippen LogP contribution in [0.5, 0.6) is 0 Å². The Morgan fingerprint density at radius 2 is 1.56 bits per heavy atom. The number of carboxylic acids is 1. The van der Waals surface area contributed by atoms with Crippen LogP contribution in [-0.2, 0) is 0 Å². The Morgan fingerprint density at radius 1 is 0.889 bits per heavy atom. The Kier molecular flexibility index (Phi) is 3.03. The minimum absolute atomic E-state index is 0.385. The average Bonchev–Trinajstić information content (AvgIpc) is 3.10. The highest BCUT2D eigenvalue weighted by Crippen LogP contribution is 2.38. The molecule has 90 valence electrons. The first-order valence-electron chi connectivity index (χ1n) is 5.21. The normalized spacial score (nSPS) is 10.7. The van der Waals surface area contributed by atoms with Gasteiger partial charge in [0.05, 0.1) is 0 Å². The van der Waals surface area contributed by atoms with Gasteiger partial charge in [0.2, 0.25) is 0 Å². The highest BCUT2D eigenvalue weighted by molar-refractivity contribution is 7.26. The number of aromatic carboxylic acids is 1. The van der Waals surface area contributed by atoms with Crippen LogP contribution in [0.2, 0.25) is 0 Å². The number of carboxylic acid groups (broad SMARTS) is 1. The SMILES string of the molecule is O=C(O)c1ccc(-c2ccc(-c3cccs3)s2)s1.